The molecule has 192 valence electrons. The van der Waals surface area contributed by atoms with Gasteiger partial charge in [-0.05, 0) is 65.2 Å². The second-order valence-corrected chi connectivity index (χ2v) is 10.9. The lowest BCUT2D eigenvalue weighted by molar-refractivity contribution is -0.142. The summed E-state index contributed by atoms with van der Waals surface area (Å²) in [5.41, 5.74) is 0.766. The van der Waals surface area contributed by atoms with Gasteiger partial charge in [0.1, 0.15) is 18.3 Å². The van der Waals surface area contributed by atoms with Gasteiger partial charge in [0.05, 0.1) is 13.7 Å². The summed E-state index contributed by atoms with van der Waals surface area (Å²) in [5.74, 6) is 0.733. The molecule has 5 rings (SSSR count). The normalized spacial score (nSPS) is 14.4. The molecule has 0 spiro atoms. The number of nitrogens with one attached hydrogen (secondary N) is 1. The van der Waals surface area contributed by atoms with Crippen molar-refractivity contribution in [3.63, 3.8) is 0 Å². The van der Waals surface area contributed by atoms with Crippen LogP contribution in [-0.4, -0.2) is 50.1 Å². The van der Waals surface area contributed by atoms with Crippen LogP contribution in [0.5, 0.6) is 5.75 Å². The molecule has 11 heteroatoms. The lowest BCUT2D eigenvalue weighted by Gasteiger charge is -2.31. The van der Waals surface area contributed by atoms with Crippen LogP contribution in [0.4, 0.5) is 0 Å². The quantitative estimate of drug-likeness (QED) is 0.324. The highest BCUT2D eigenvalue weighted by Crippen LogP contribution is 2.30. The molecule has 0 radical (unpaired) electrons. The summed E-state index contributed by atoms with van der Waals surface area (Å²) < 4.78 is 5.20. The van der Waals surface area contributed by atoms with Crippen LogP contribution in [0.3, 0.4) is 0 Å². The molecule has 0 saturated heterocycles. The van der Waals surface area contributed by atoms with Crippen LogP contribution in [-0.2, 0) is 22.7 Å². The molecule has 9 nitrogen and oxygen atoms in total. The number of benzene rings is 1. The van der Waals surface area contributed by atoms with Crippen molar-refractivity contribution in [3.05, 3.63) is 69.0 Å². The van der Waals surface area contributed by atoms with Crippen molar-refractivity contribution in [2.24, 2.45) is 0 Å². The number of aromatic nitrogens is 4. The van der Waals surface area contributed by atoms with E-state index in [1.165, 1.54) is 16.1 Å². The highest BCUT2D eigenvalue weighted by molar-refractivity contribution is 7.10. The zero-order chi connectivity index (χ0) is 25.6. The number of hydrogen-bond acceptors (Lipinski definition) is 8. The first-order valence-corrected chi connectivity index (χ1v) is 13.9. The van der Waals surface area contributed by atoms with E-state index in [0.29, 0.717) is 12.4 Å². The van der Waals surface area contributed by atoms with E-state index in [9.17, 15) is 9.59 Å². The van der Waals surface area contributed by atoms with Crippen molar-refractivity contribution in [3.8, 4) is 17.1 Å². The van der Waals surface area contributed by atoms with Gasteiger partial charge in [-0.25, -0.2) is 0 Å². The maximum absolute atomic E-state index is 13.8. The number of carbonyl (C=O) groups excluding carboxylic acids is 2. The van der Waals surface area contributed by atoms with Gasteiger partial charge in [-0.3, -0.25) is 9.59 Å². The van der Waals surface area contributed by atoms with Crippen molar-refractivity contribution >= 4 is 34.5 Å². The van der Waals surface area contributed by atoms with Crippen molar-refractivity contribution in [1.82, 2.24) is 30.4 Å². The molecule has 0 unspecified atom stereocenters. The van der Waals surface area contributed by atoms with Gasteiger partial charge >= 0.3 is 0 Å². The third kappa shape index (κ3) is 6.05. The Bertz CT molecular complexity index is 1300. The molecule has 4 aromatic rings. The second-order valence-electron chi connectivity index (χ2n) is 8.88. The van der Waals surface area contributed by atoms with Crippen LogP contribution in [0.2, 0.25) is 0 Å². The van der Waals surface area contributed by atoms with Crippen molar-refractivity contribution in [2.45, 2.75) is 50.9 Å². The standard InChI is InChI=1S/C26H28N6O3S2/c1-35-20-12-10-18(11-13-20)25-28-30-32(29-25)17-23(33)31(16-21-8-4-14-36-21)24(22-9-5-15-37-22)26(34)27-19-6-2-3-7-19/h4-5,8-15,19,24H,2-3,6-7,16-17H2,1H3,(H,27,34)/t24-/m0/s1. The number of ether oxygens (including phenoxy) is 1. The Balaban J connectivity index is 1.39. The van der Waals surface area contributed by atoms with Crippen molar-refractivity contribution < 1.29 is 14.3 Å². The average molecular weight is 537 g/mol. The van der Waals surface area contributed by atoms with Crippen LogP contribution < -0.4 is 10.1 Å². The minimum Gasteiger partial charge on any atom is -0.497 e. The van der Waals surface area contributed by atoms with E-state index in [0.717, 1.165) is 46.8 Å². The number of thiophene rings is 2. The van der Waals surface area contributed by atoms with Gasteiger partial charge in [0, 0.05) is 21.4 Å². The number of amides is 2. The Hall–Kier alpha value is -3.57. The Morgan fingerprint density at radius 3 is 2.54 bits per heavy atom. The third-order valence-electron chi connectivity index (χ3n) is 6.38. The predicted molar refractivity (Wildman–Crippen MR) is 142 cm³/mol. The molecule has 1 N–H and O–H groups in total. The van der Waals surface area contributed by atoms with E-state index in [1.54, 1.807) is 23.3 Å². The Kier molecular flexibility index (Phi) is 7.90. The molecule has 1 aliphatic carbocycles. The minimum atomic E-state index is -0.736. The van der Waals surface area contributed by atoms with Gasteiger partial charge in [0.2, 0.25) is 17.6 Å². The van der Waals surface area contributed by atoms with Crippen LogP contribution >= 0.6 is 22.7 Å². The Morgan fingerprint density at radius 2 is 1.86 bits per heavy atom. The Labute approximate surface area is 223 Å². The molecule has 3 heterocycles. The number of nitrogens with zero attached hydrogens (tertiary/aromatic N) is 5. The van der Waals surface area contributed by atoms with Crippen LogP contribution in [0.15, 0.2) is 59.3 Å². The molecule has 0 bridgehead atoms. The first-order valence-electron chi connectivity index (χ1n) is 12.2. The van der Waals surface area contributed by atoms with E-state index in [4.69, 9.17) is 4.74 Å². The molecule has 1 saturated carbocycles. The highest BCUT2D eigenvalue weighted by atomic mass is 32.1. The zero-order valence-electron chi connectivity index (χ0n) is 20.4. The summed E-state index contributed by atoms with van der Waals surface area (Å²) in [6.45, 7) is 0.185. The monoisotopic (exact) mass is 536 g/mol. The van der Waals surface area contributed by atoms with E-state index in [2.05, 4.69) is 20.7 Å². The largest absolute Gasteiger partial charge is 0.497 e. The summed E-state index contributed by atoms with van der Waals surface area (Å²) in [6, 6.07) is 14.5. The summed E-state index contributed by atoms with van der Waals surface area (Å²) >= 11 is 3.03. The number of hydrogen-bond donors (Lipinski definition) is 1. The van der Waals surface area contributed by atoms with E-state index in [1.807, 2.05) is 59.3 Å². The molecule has 37 heavy (non-hydrogen) atoms. The van der Waals surface area contributed by atoms with E-state index in [-0.39, 0.29) is 24.4 Å². The summed E-state index contributed by atoms with van der Waals surface area (Å²) in [4.78, 5) is 32.1. The molecular weight excluding hydrogens is 508 g/mol. The van der Waals surface area contributed by atoms with Crippen LogP contribution in [0.25, 0.3) is 11.4 Å². The van der Waals surface area contributed by atoms with Gasteiger partial charge in [-0.15, -0.1) is 32.9 Å². The average Bonchev–Trinajstić information content (AvgIpc) is 3.73. The van der Waals surface area contributed by atoms with Gasteiger partial charge in [0.15, 0.2) is 0 Å². The molecule has 2 amide bonds. The second kappa shape index (κ2) is 11.7. The predicted octanol–water partition coefficient (Wildman–Crippen LogP) is 4.30. The number of rotatable bonds is 10. The maximum Gasteiger partial charge on any atom is 0.248 e. The number of carbonyl (C=O) groups is 2. The third-order valence-corrected chi connectivity index (χ3v) is 8.16. The molecule has 3 aromatic heterocycles. The minimum absolute atomic E-state index is 0.132. The fourth-order valence-electron chi connectivity index (χ4n) is 4.49. The van der Waals surface area contributed by atoms with Crippen LogP contribution in [0.1, 0.15) is 41.5 Å². The molecule has 1 aliphatic rings. The number of methoxy groups -OCH3 is 1. The lowest BCUT2D eigenvalue weighted by Crippen LogP contribution is -2.46. The smallest absolute Gasteiger partial charge is 0.248 e. The fourth-order valence-corrected chi connectivity index (χ4v) is 6.03. The van der Waals surface area contributed by atoms with E-state index >= 15 is 0 Å². The zero-order valence-corrected chi connectivity index (χ0v) is 22.1. The molecule has 1 aromatic carbocycles. The van der Waals surface area contributed by atoms with Gasteiger partial charge in [0.25, 0.3) is 0 Å². The summed E-state index contributed by atoms with van der Waals surface area (Å²) in [6.07, 6.45) is 4.17. The fraction of sp³-hybridized carbons (Fsp3) is 0.346. The molecular formula is C26H28N6O3S2. The van der Waals surface area contributed by atoms with Crippen molar-refractivity contribution in [2.75, 3.05) is 7.11 Å². The SMILES string of the molecule is COc1ccc(-c2nnn(CC(=O)N(Cc3cccs3)[C@H](C(=O)NC3CCCC3)c3cccs3)n2)cc1. The topological polar surface area (TPSA) is 102 Å². The highest BCUT2D eigenvalue weighted by Gasteiger charge is 2.34. The van der Waals surface area contributed by atoms with Gasteiger partial charge in [-0.1, -0.05) is 25.0 Å². The van der Waals surface area contributed by atoms with Crippen LogP contribution in [0, 0.1) is 0 Å². The van der Waals surface area contributed by atoms with Gasteiger partial charge < -0.3 is 15.0 Å². The molecule has 1 fully saturated rings. The maximum atomic E-state index is 13.8. The molecule has 0 aliphatic heterocycles. The van der Waals surface area contributed by atoms with E-state index < -0.39 is 6.04 Å². The first kappa shape index (κ1) is 25.1. The number of tetrazole rings is 1. The molecule has 1 atom stereocenters. The summed E-state index contributed by atoms with van der Waals surface area (Å²) in [7, 11) is 1.61. The first-order chi connectivity index (χ1) is 18.1. The lowest BCUT2D eigenvalue weighted by atomic mass is 10.1. The Morgan fingerprint density at radius 1 is 1.11 bits per heavy atom. The van der Waals surface area contributed by atoms with Gasteiger partial charge in [-0.2, -0.15) is 4.80 Å². The van der Waals surface area contributed by atoms with Crippen molar-refractivity contribution in [1.29, 1.82) is 0 Å². The summed E-state index contributed by atoms with van der Waals surface area (Å²) in [5, 5.41) is 19.7.